The van der Waals surface area contributed by atoms with Crippen LogP contribution in [0.2, 0.25) is 0 Å². The summed E-state index contributed by atoms with van der Waals surface area (Å²) in [6, 6.07) is 0.278. The van der Waals surface area contributed by atoms with E-state index in [0.717, 1.165) is 19.4 Å². The first-order chi connectivity index (χ1) is 8.30. The van der Waals surface area contributed by atoms with Gasteiger partial charge in [0.1, 0.15) is 0 Å². The van der Waals surface area contributed by atoms with Crippen molar-refractivity contribution in [1.82, 2.24) is 15.0 Å². The van der Waals surface area contributed by atoms with Gasteiger partial charge in [-0.3, -0.25) is 0 Å². The molecule has 7 heteroatoms. The average Bonchev–Trinajstić information content (AvgIpc) is 2.35. The summed E-state index contributed by atoms with van der Waals surface area (Å²) in [6.45, 7) is 3.60. The summed E-state index contributed by atoms with van der Waals surface area (Å²) in [7, 11) is 1.51. The molecule has 0 spiro atoms. The molecule has 1 aromatic rings. The molecule has 1 rings (SSSR count). The molecule has 3 N–H and O–H groups in total. The highest BCUT2D eigenvalue weighted by Crippen LogP contribution is 2.10. The minimum Gasteiger partial charge on any atom is -0.467 e. The van der Waals surface area contributed by atoms with Gasteiger partial charge in [0.05, 0.1) is 7.11 Å². The Morgan fingerprint density at radius 1 is 1.12 bits per heavy atom. The molecule has 0 fully saturated rings. The van der Waals surface area contributed by atoms with Gasteiger partial charge in [0.25, 0.3) is 0 Å². The van der Waals surface area contributed by atoms with Crippen LogP contribution in [0, 0.1) is 0 Å². The van der Waals surface area contributed by atoms with E-state index in [1.165, 1.54) is 7.11 Å². The minimum absolute atomic E-state index is 0.199. The van der Waals surface area contributed by atoms with E-state index >= 15 is 0 Å². The molecule has 0 unspecified atom stereocenters. The van der Waals surface area contributed by atoms with Gasteiger partial charge < -0.3 is 20.5 Å². The van der Waals surface area contributed by atoms with Crippen LogP contribution in [0.4, 0.5) is 11.9 Å². The number of nitrogens with zero attached hydrogens (tertiary/aromatic N) is 3. The van der Waals surface area contributed by atoms with Crippen molar-refractivity contribution in [3.05, 3.63) is 0 Å². The van der Waals surface area contributed by atoms with Crippen molar-refractivity contribution in [3.8, 4) is 6.01 Å². The predicted octanol–water partition coefficient (Wildman–Crippen LogP) is 0.496. The summed E-state index contributed by atoms with van der Waals surface area (Å²) in [6.07, 6.45) is 1.62. The predicted molar refractivity (Wildman–Crippen MR) is 65.4 cm³/mol. The van der Waals surface area contributed by atoms with Gasteiger partial charge >= 0.3 is 6.01 Å². The number of hydrogen-bond acceptors (Lipinski definition) is 7. The molecular formula is C10H19N5O2. The number of aliphatic hydroxyl groups is 1. The summed E-state index contributed by atoms with van der Waals surface area (Å²) in [5.41, 5.74) is 0. The molecule has 0 atom stereocenters. The van der Waals surface area contributed by atoms with Crippen molar-refractivity contribution in [2.75, 3.05) is 37.4 Å². The van der Waals surface area contributed by atoms with Gasteiger partial charge in [-0.15, -0.1) is 0 Å². The lowest BCUT2D eigenvalue weighted by Crippen LogP contribution is -2.11. The highest BCUT2D eigenvalue weighted by atomic mass is 16.5. The zero-order valence-corrected chi connectivity index (χ0v) is 10.2. The number of anilines is 2. The van der Waals surface area contributed by atoms with E-state index < -0.39 is 0 Å². The fourth-order valence-corrected chi connectivity index (χ4v) is 1.20. The number of aromatic nitrogens is 3. The Labute approximate surface area is 101 Å². The summed E-state index contributed by atoms with van der Waals surface area (Å²) in [5, 5.41) is 14.7. The van der Waals surface area contributed by atoms with Crippen LogP contribution >= 0.6 is 0 Å². The summed E-state index contributed by atoms with van der Waals surface area (Å²) in [5.74, 6) is 0.967. The molecular weight excluding hydrogens is 222 g/mol. The zero-order valence-electron chi connectivity index (χ0n) is 10.2. The first-order valence-electron chi connectivity index (χ1n) is 5.68. The number of ether oxygens (including phenoxy) is 1. The molecule has 96 valence electrons. The van der Waals surface area contributed by atoms with Crippen LogP contribution in [0.15, 0.2) is 0 Å². The lowest BCUT2D eigenvalue weighted by molar-refractivity contribution is 0.286. The molecule has 0 aliphatic heterocycles. The molecule has 0 aliphatic carbocycles. The Balaban J connectivity index is 2.59. The van der Waals surface area contributed by atoms with E-state index in [-0.39, 0.29) is 12.6 Å². The minimum atomic E-state index is 0.199. The monoisotopic (exact) mass is 241 g/mol. The molecule has 0 aliphatic rings. The third kappa shape index (κ3) is 4.81. The van der Waals surface area contributed by atoms with Crippen molar-refractivity contribution in [3.63, 3.8) is 0 Å². The standard InChI is InChI=1S/C10H19N5O2/c1-3-11-8-13-9(12-6-4-5-7-16)15-10(14-8)17-2/h16H,3-7H2,1-2H3,(H2,11,12,13,14,15). The second-order valence-electron chi connectivity index (χ2n) is 3.36. The van der Waals surface area contributed by atoms with E-state index in [0.29, 0.717) is 18.4 Å². The summed E-state index contributed by atoms with van der Waals surface area (Å²) < 4.78 is 4.99. The van der Waals surface area contributed by atoms with Crippen molar-refractivity contribution in [2.45, 2.75) is 19.8 Å². The second-order valence-corrected chi connectivity index (χ2v) is 3.36. The van der Waals surface area contributed by atoms with Crippen LogP contribution in [0.1, 0.15) is 19.8 Å². The Morgan fingerprint density at radius 3 is 2.41 bits per heavy atom. The number of hydrogen-bond donors (Lipinski definition) is 3. The van der Waals surface area contributed by atoms with Gasteiger partial charge in [-0.05, 0) is 19.8 Å². The van der Waals surface area contributed by atoms with Crippen LogP contribution in [-0.4, -0.2) is 46.9 Å². The smallest absolute Gasteiger partial charge is 0.322 e. The lowest BCUT2D eigenvalue weighted by Gasteiger charge is -2.08. The van der Waals surface area contributed by atoms with Crippen molar-refractivity contribution < 1.29 is 9.84 Å². The quantitative estimate of drug-likeness (QED) is 0.570. The molecule has 0 radical (unpaired) electrons. The fourth-order valence-electron chi connectivity index (χ4n) is 1.20. The molecule has 0 aromatic carbocycles. The van der Waals surface area contributed by atoms with E-state index in [1.807, 2.05) is 6.92 Å². The zero-order chi connectivity index (χ0) is 12.5. The first-order valence-corrected chi connectivity index (χ1v) is 5.68. The Morgan fingerprint density at radius 2 is 1.82 bits per heavy atom. The number of unbranched alkanes of at least 4 members (excludes halogenated alkanes) is 1. The molecule has 0 saturated heterocycles. The van der Waals surface area contributed by atoms with Crippen molar-refractivity contribution in [1.29, 1.82) is 0 Å². The van der Waals surface area contributed by atoms with Gasteiger partial charge in [0.2, 0.25) is 11.9 Å². The Bertz CT molecular complexity index is 334. The van der Waals surface area contributed by atoms with Crippen LogP contribution in [-0.2, 0) is 0 Å². The third-order valence-corrected chi connectivity index (χ3v) is 2.00. The van der Waals surface area contributed by atoms with Gasteiger partial charge in [-0.1, -0.05) is 0 Å². The summed E-state index contributed by atoms with van der Waals surface area (Å²) >= 11 is 0. The van der Waals surface area contributed by atoms with E-state index in [9.17, 15) is 0 Å². The molecule has 1 heterocycles. The maximum atomic E-state index is 8.66. The largest absolute Gasteiger partial charge is 0.467 e. The Hall–Kier alpha value is -1.63. The second kappa shape index (κ2) is 7.61. The average molecular weight is 241 g/mol. The maximum Gasteiger partial charge on any atom is 0.322 e. The fraction of sp³-hybridized carbons (Fsp3) is 0.700. The normalized spacial score (nSPS) is 10.1. The highest BCUT2D eigenvalue weighted by molar-refractivity contribution is 5.35. The molecule has 7 nitrogen and oxygen atoms in total. The summed E-state index contributed by atoms with van der Waals surface area (Å²) in [4.78, 5) is 12.3. The third-order valence-electron chi connectivity index (χ3n) is 2.00. The lowest BCUT2D eigenvalue weighted by atomic mass is 10.3. The Kier molecular flexibility index (Phi) is 6.02. The van der Waals surface area contributed by atoms with Gasteiger partial charge in [0.15, 0.2) is 0 Å². The SMILES string of the molecule is CCNc1nc(NCCCCO)nc(OC)n1. The molecule has 1 aromatic heterocycles. The van der Waals surface area contributed by atoms with Crippen LogP contribution in [0.25, 0.3) is 0 Å². The number of nitrogens with one attached hydrogen (secondary N) is 2. The van der Waals surface area contributed by atoms with Crippen molar-refractivity contribution in [2.24, 2.45) is 0 Å². The topological polar surface area (TPSA) is 92.2 Å². The first kappa shape index (κ1) is 13.4. The van der Waals surface area contributed by atoms with Gasteiger partial charge in [-0.25, -0.2) is 0 Å². The van der Waals surface area contributed by atoms with E-state index in [1.54, 1.807) is 0 Å². The maximum absolute atomic E-state index is 8.66. The van der Waals surface area contributed by atoms with Gasteiger partial charge in [0, 0.05) is 19.7 Å². The van der Waals surface area contributed by atoms with Crippen LogP contribution in [0.5, 0.6) is 6.01 Å². The van der Waals surface area contributed by atoms with Gasteiger partial charge in [-0.2, -0.15) is 15.0 Å². The van der Waals surface area contributed by atoms with Crippen LogP contribution in [0.3, 0.4) is 0 Å². The highest BCUT2D eigenvalue weighted by Gasteiger charge is 2.05. The van der Waals surface area contributed by atoms with Crippen LogP contribution < -0.4 is 15.4 Å². The molecule has 0 saturated carbocycles. The molecule has 17 heavy (non-hydrogen) atoms. The van der Waals surface area contributed by atoms with Crippen molar-refractivity contribution >= 4 is 11.9 Å². The van der Waals surface area contributed by atoms with E-state index in [2.05, 4.69) is 25.6 Å². The molecule has 0 bridgehead atoms. The number of rotatable bonds is 8. The number of methoxy groups -OCH3 is 1. The molecule has 0 amide bonds. The number of aliphatic hydroxyl groups excluding tert-OH is 1. The van der Waals surface area contributed by atoms with E-state index in [4.69, 9.17) is 9.84 Å².